The van der Waals surface area contributed by atoms with Gasteiger partial charge in [-0.2, -0.15) is 4.68 Å². The summed E-state index contributed by atoms with van der Waals surface area (Å²) in [5, 5.41) is 11.7. The monoisotopic (exact) mass is 326 g/mol. The first-order chi connectivity index (χ1) is 11.5. The Morgan fingerprint density at radius 1 is 1.25 bits per heavy atom. The number of carbonyl (C=O) groups is 1. The molecule has 3 rings (SSSR count). The van der Waals surface area contributed by atoms with E-state index >= 15 is 0 Å². The Labute approximate surface area is 135 Å². The summed E-state index contributed by atoms with van der Waals surface area (Å²) < 4.78 is 1.10. The number of aromatic nitrogens is 4. The molecule has 8 heteroatoms. The molecule has 0 aliphatic rings. The van der Waals surface area contributed by atoms with E-state index in [0.717, 1.165) is 16.4 Å². The maximum Gasteiger partial charge on any atom is 0.342 e. The van der Waals surface area contributed by atoms with E-state index in [0.29, 0.717) is 17.7 Å². The molecule has 0 saturated heterocycles. The molecule has 3 N–H and O–H groups in total. The van der Waals surface area contributed by atoms with Gasteiger partial charge in [0.2, 0.25) is 5.95 Å². The minimum atomic E-state index is -1.38. The summed E-state index contributed by atoms with van der Waals surface area (Å²) in [6.45, 7) is 1.75. The minimum absolute atomic E-state index is 0.0580. The second-order valence-electron chi connectivity index (χ2n) is 5.27. The van der Waals surface area contributed by atoms with Gasteiger partial charge in [-0.15, -0.1) is 0 Å². The third-order valence-corrected chi connectivity index (χ3v) is 3.65. The van der Waals surface area contributed by atoms with Crippen LogP contribution in [-0.4, -0.2) is 30.8 Å². The van der Waals surface area contributed by atoms with Crippen LogP contribution in [0.4, 0.5) is 0 Å². The zero-order valence-electron chi connectivity index (χ0n) is 12.7. The fraction of sp³-hybridized carbons (Fsp3) is 0.125. The molecule has 0 fully saturated rings. The molecule has 122 valence electrons. The Kier molecular flexibility index (Phi) is 3.87. The smallest absolute Gasteiger partial charge is 0.342 e. The molecule has 1 aromatic carbocycles. The van der Waals surface area contributed by atoms with Crippen LogP contribution in [0.15, 0.2) is 46.1 Å². The lowest BCUT2D eigenvalue weighted by Gasteiger charge is -2.00. The summed E-state index contributed by atoms with van der Waals surface area (Å²) in [4.78, 5) is 41.3. The summed E-state index contributed by atoms with van der Waals surface area (Å²) in [5.41, 5.74) is 0.518. The highest BCUT2D eigenvalue weighted by Crippen LogP contribution is 2.09. The van der Waals surface area contributed by atoms with E-state index in [1.54, 1.807) is 6.92 Å². The number of aryl methyl sites for hydroxylation is 1. The number of hydrogen-bond acceptors (Lipinski definition) is 4. The van der Waals surface area contributed by atoms with Crippen molar-refractivity contribution in [2.75, 3.05) is 0 Å². The molecule has 0 amide bonds. The number of aromatic amines is 2. The number of hydrogen-bond donors (Lipinski definition) is 3. The van der Waals surface area contributed by atoms with Crippen LogP contribution < -0.4 is 11.1 Å². The third kappa shape index (κ3) is 2.76. The largest absolute Gasteiger partial charge is 0.477 e. The predicted octanol–water partition coefficient (Wildman–Crippen LogP) is 0.846. The van der Waals surface area contributed by atoms with Gasteiger partial charge in [0, 0.05) is 17.7 Å². The number of rotatable bonds is 4. The van der Waals surface area contributed by atoms with Crippen LogP contribution >= 0.6 is 0 Å². The summed E-state index contributed by atoms with van der Waals surface area (Å²) in [6, 6.07) is 9.50. The van der Waals surface area contributed by atoms with E-state index in [9.17, 15) is 14.4 Å². The summed E-state index contributed by atoms with van der Waals surface area (Å²) in [5.74, 6) is -1.44. The van der Waals surface area contributed by atoms with Crippen molar-refractivity contribution in [2.24, 2.45) is 0 Å². The fourth-order valence-electron chi connectivity index (χ4n) is 2.39. The van der Waals surface area contributed by atoms with E-state index in [2.05, 4.69) is 15.1 Å². The van der Waals surface area contributed by atoms with Crippen LogP contribution in [0.1, 0.15) is 27.2 Å². The lowest BCUT2D eigenvalue weighted by molar-refractivity contribution is 0.0694. The van der Waals surface area contributed by atoms with Crippen LogP contribution in [0, 0.1) is 6.92 Å². The van der Waals surface area contributed by atoms with E-state index in [1.165, 1.54) is 0 Å². The summed E-state index contributed by atoms with van der Waals surface area (Å²) >= 11 is 0. The second kappa shape index (κ2) is 5.99. The molecule has 0 aliphatic carbocycles. The SMILES string of the molecule is Cc1[nH]n(-c2ncc(C(=O)O)c(=O)[nH]2)c(=O)c1Cc1ccccc1. The van der Waals surface area contributed by atoms with E-state index in [1.807, 2.05) is 30.3 Å². The second-order valence-corrected chi connectivity index (χ2v) is 5.27. The highest BCUT2D eigenvalue weighted by Gasteiger charge is 2.16. The first kappa shape index (κ1) is 15.5. The number of aromatic carboxylic acids is 1. The molecular formula is C16H14N4O4. The molecular weight excluding hydrogens is 312 g/mol. The van der Waals surface area contributed by atoms with Crippen molar-refractivity contribution < 1.29 is 9.90 Å². The topological polar surface area (TPSA) is 121 Å². The molecule has 0 unspecified atom stereocenters. The van der Waals surface area contributed by atoms with Gasteiger partial charge in [0.25, 0.3) is 11.1 Å². The van der Waals surface area contributed by atoms with Crippen molar-refractivity contribution in [1.29, 1.82) is 0 Å². The van der Waals surface area contributed by atoms with Crippen molar-refractivity contribution >= 4 is 5.97 Å². The predicted molar refractivity (Wildman–Crippen MR) is 85.7 cm³/mol. The lowest BCUT2D eigenvalue weighted by Crippen LogP contribution is -2.25. The lowest BCUT2D eigenvalue weighted by atomic mass is 10.1. The van der Waals surface area contributed by atoms with Gasteiger partial charge >= 0.3 is 5.97 Å². The van der Waals surface area contributed by atoms with Crippen LogP contribution in [0.25, 0.3) is 5.95 Å². The number of H-pyrrole nitrogens is 2. The van der Waals surface area contributed by atoms with Gasteiger partial charge in [-0.1, -0.05) is 30.3 Å². The number of carboxylic acid groups (broad SMARTS) is 1. The first-order valence-electron chi connectivity index (χ1n) is 7.15. The molecule has 0 bridgehead atoms. The van der Waals surface area contributed by atoms with Crippen LogP contribution in [-0.2, 0) is 6.42 Å². The molecule has 0 spiro atoms. The minimum Gasteiger partial charge on any atom is -0.477 e. The Morgan fingerprint density at radius 3 is 2.58 bits per heavy atom. The van der Waals surface area contributed by atoms with Crippen molar-refractivity contribution in [3.05, 3.63) is 79.6 Å². The number of benzene rings is 1. The zero-order valence-corrected chi connectivity index (χ0v) is 12.7. The normalized spacial score (nSPS) is 10.7. The average molecular weight is 326 g/mol. The van der Waals surface area contributed by atoms with Crippen LogP contribution in [0.2, 0.25) is 0 Å². The van der Waals surface area contributed by atoms with Gasteiger partial charge in [0.15, 0.2) is 0 Å². The van der Waals surface area contributed by atoms with Gasteiger partial charge in [0.05, 0.1) is 6.20 Å². The number of nitrogens with one attached hydrogen (secondary N) is 2. The van der Waals surface area contributed by atoms with Crippen molar-refractivity contribution in [3.8, 4) is 5.95 Å². The molecule has 0 saturated carbocycles. The number of carboxylic acids is 1. The van der Waals surface area contributed by atoms with Gasteiger partial charge < -0.3 is 5.11 Å². The highest BCUT2D eigenvalue weighted by molar-refractivity contribution is 5.86. The molecule has 2 aromatic heterocycles. The Balaban J connectivity index is 2.03. The maximum absolute atomic E-state index is 12.6. The fourth-order valence-corrected chi connectivity index (χ4v) is 2.39. The van der Waals surface area contributed by atoms with Gasteiger partial charge in [0.1, 0.15) is 5.56 Å². The Bertz CT molecular complexity index is 1010. The standard InChI is InChI=1S/C16H14N4O4/c1-9-11(7-10-5-3-2-4-6-10)14(22)20(19-9)16-17-8-12(15(23)24)13(21)18-16/h2-6,8,19H,7H2,1H3,(H,23,24)(H,17,18,21). The van der Waals surface area contributed by atoms with Crippen molar-refractivity contribution in [3.63, 3.8) is 0 Å². The van der Waals surface area contributed by atoms with E-state index in [4.69, 9.17) is 5.11 Å². The van der Waals surface area contributed by atoms with E-state index < -0.39 is 17.1 Å². The summed E-state index contributed by atoms with van der Waals surface area (Å²) in [7, 11) is 0. The molecule has 0 radical (unpaired) electrons. The Hall–Kier alpha value is -3.42. The van der Waals surface area contributed by atoms with Gasteiger partial charge in [-0.25, -0.2) is 9.78 Å². The molecule has 2 heterocycles. The highest BCUT2D eigenvalue weighted by atomic mass is 16.4. The zero-order chi connectivity index (χ0) is 17.3. The average Bonchev–Trinajstić information content (AvgIpc) is 2.83. The van der Waals surface area contributed by atoms with Crippen molar-refractivity contribution in [2.45, 2.75) is 13.3 Å². The molecule has 8 nitrogen and oxygen atoms in total. The molecule has 24 heavy (non-hydrogen) atoms. The quantitative estimate of drug-likeness (QED) is 0.656. The van der Waals surface area contributed by atoms with Crippen LogP contribution in [0.3, 0.4) is 0 Å². The van der Waals surface area contributed by atoms with Gasteiger partial charge in [-0.05, 0) is 12.5 Å². The maximum atomic E-state index is 12.6. The molecule has 3 aromatic rings. The Morgan fingerprint density at radius 2 is 1.96 bits per heavy atom. The van der Waals surface area contributed by atoms with E-state index in [-0.39, 0.29) is 11.5 Å². The summed E-state index contributed by atoms with van der Waals surface area (Å²) in [6.07, 6.45) is 1.36. The molecule has 0 atom stereocenters. The number of nitrogens with zero attached hydrogens (tertiary/aromatic N) is 2. The van der Waals surface area contributed by atoms with Crippen LogP contribution in [0.5, 0.6) is 0 Å². The van der Waals surface area contributed by atoms with Gasteiger partial charge in [-0.3, -0.25) is 19.7 Å². The molecule has 0 aliphatic heterocycles. The first-order valence-corrected chi connectivity index (χ1v) is 7.15. The van der Waals surface area contributed by atoms with Crippen molar-refractivity contribution in [1.82, 2.24) is 19.7 Å². The third-order valence-electron chi connectivity index (χ3n) is 3.65.